The molecule has 3 heterocycles. The van der Waals surface area contributed by atoms with Crippen molar-refractivity contribution in [1.82, 2.24) is 9.38 Å². The van der Waals surface area contributed by atoms with Gasteiger partial charge in [0.1, 0.15) is 24.5 Å². The third kappa shape index (κ3) is 5.23. The molecule has 8 nitrogen and oxygen atoms in total. The first-order valence-electron chi connectivity index (χ1n) is 10.5. The number of carbonyl (C=O) groups excluding carboxylic acids is 1. The Morgan fingerprint density at radius 3 is 2.81 bits per heavy atom. The number of fused-ring (bicyclic) bond motifs is 1. The van der Waals surface area contributed by atoms with Crippen LogP contribution in [-0.2, 0) is 27.5 Å². The molecule has 1 aromatic carbocycles. The molecule has 1 saturated heterocycles. The molecule has 3 aromatic rings. The minimum atomic E-state index is -0.646. The summed E-state index contributed by atoms with van der Waals surface area (Å²) in [6, 6.07) is 9.06. The number of piperidine rings is 1. The lowest BCUT2D eigenvalue weighted by atomic mass is 10.1. The number of aromatic nitrogens is 2. The highest BCUT2D eigenvalue weighted by molar-refractivity contribution is 5.94. The van der Waals surface area contributed by atoms with E-state index in [0.717, 1.165) is 24.1 Å². The average Bonchev–Trinajstić information content (AvgIpc) is 3.25. The van der Waals surface area contributed by atoms with Gasteiger partial charge in [-0.05, 0) is 30.5 Å². The molecule has 1 fully saturated rings. The van der Waals surface area contributed by atoms with Gasteiger partial charge in [0.25, 0.3) is 0 Å². The quantitative estimate of drug-likeness (QED) is 0.318. The zero-order valence-electron chi connectivity index (χ0n) is 17.7. The fraction of sp³-hybridized carbons (Fsp3) is 0.348. The highest BCUT2D eigenvalue weighted by Gasteiger charge is 2.23. The lowest BCUT2D eigenvalue weighted by molar-refractivity contribution is -0.143. The van der Waals surface area contributed by atoms with E-state index >= 15 is 0 Å². The SMILES string of the molecule is N=C(N)CC(=O)OCc1cccc(N2CCC(OCc3ccc4nccn4c3)CC2)c1F. The first-order valence-corrected chi connectivity index (χ1v) is 10.5. The summed E-state index contributed by atoms with van der Waals surface area (Å²) in [4.78, 5) is 17.8. The van der Waals surface area contributed by atoms with E-state index in [0.29, 0.717) is 30.9 Å². The van der Waals surface area contributed by atoms with E-state index < -0.39 is 11.8 Å². The Bertz CT molecular complexity index is 1110. The molecule has 2 aromatic heterocycles. The van der Waals surface area contributed by atoms with Crippen molar-refractivity contribution in [1.29, 1.82) is 5.41 Å². The van der Waals surface area contributed by atoms with Crippen LogP contribution in [0.25, 0.3) is 5.65 Å². The second-order valence-electron chi connectivity index (χ2n) is 7.84. The van der Waals surface area contributed by atoms with Crippen molar-refractivity contribution >= 4 is 23.1 Å². The number of carbonyl (C=O) groups is 1. The number of nitrogens with zero attached hydrogens (tertiary/aromatic N) is 3. The molecule has 0 unspecified atom stereocenters. The number of imidazole rings is 1. The average molecular weight is 439 g/mol. The van der Waals surface area contributed by atoms with Crippen molar-refractivity contribution in [2.75, 3.05) is 18.0 Å². The standard InChI is InChI=1S/C23H26FN5O3/c24-23-17(15-32-22(30)12-20(25)26)2-1-3-19(23)28-9-6-18(7-10-28)31-14-16-4-5-21-27-8-11-29(21)13-16/h1-5,8,11,13,18H,6-7,9-10,12,14-15H2,(H3,25,26). The fourth-order valence-corrected chi connectivity index (χ4v) is 3.82. The summed E-state index contributed by atoms with van der Waals surface area (Å²) < 4.78 is 28.1. The molecule has 0 spiro atoms. The summed E-state index contributed by atoms with van der Waals surface area (Å²) in [5.41, 5.74) is 7.96. The van der Waals surface area contributed by atoms with Crippen molar-refractivity contribution in [2.24, 2.45) is 5.73 Å². The number of anilines is 1. The van der Waals surface area contributed by atoms with Crippen molar-refractivity contribution in [3.05, 3.63) is 65.9 Å². The van der Waals surface area contributed by atoms with E-state index in [4.69, 9.17) is 20.6 Å². The van der Waals surface area contributed by atoms with Gasteiger partial charge in [-0.25, -0.2) is 9.37 Å². The van der Waals surface area contributed by atoms with Gasteiger partial charge in [0.2, 0.25) is 0 Å². The summed E-state index contributed by atoms with van der Waals surface area (Å²) >= 11 is 0. The number of amidine groups is 1. The number of benzene rings is 1. The van der Waals surface area contributed by atoms with E-state index in [1.54, 1.807) is 24.4 Å². The number of hydrogen-bond acceptors (Lipinski definition) is 6. The van der Waals surface area contributed by atoms with E-state index in [1.165, 1.54) is 0 Å². The minimum Gasteiger partial charge on any atom is -0.460 e. The molecule has 4 rings (SSSR count). The van der Waals surface area contributed by atoms with Crippen LogP contribution in [0.3, 0.4) is 0 Å². The van der Waals surface area contributed by atoms with Crippen LogP contribution >= 0.6 is 0 Å². The molecule has 9 heteroatoms. The Hall–Kier alpha value is -3.46. The summed E-state index contributed by atoms with van der Waals surface area (Å²) in [7, 11) is 0. The second-order valence-corrected chi connectivity index (χ2v) is 7.84. The van der Waals surface area contributed by atoms with Gasteiger partial charge in [-0.2, -0.15) is 0 Å². The molecule has 32 heavy (non-hydrogen) atoms. The molecule has 0 saturated carbocycles. The van der Waals surface area contributed by atoms with Crippen molar-refractivity contribution in [2.45, 2.75) is 38.6 Å². The van der Waals surface area contributed by atoms with Crippen LogP contribution in [0.15, 0.2) is 48.9 Å². The number of ether oxygens (including phenoxy) is 2. The predicted octanol–water partition coefficient (Wildman–Crippen LogP) is 3.03. The third-order valence-electron chi connectivity index (χ3n) is 5.50. The van der Waals surface area contributed by atoms with Gasteiger partial charge in [-0.1, -0.05) is 18.2 Å². The fourth-order valence-electron chi connectivity index (χ4n) is 3.82. The Balaban J connectivity index is 1.29. The van der Waals surface area contributed by atoms with Crippen molar-refractivity contribution in [3.63, 3.8) is 0 Å². The lowest BCUT2D eigenvalue weighted by Crippen LogP contribution is -2.37. The molecule has 0 amide bonds. The van der Waals surface area contributed by atoms with Gasteiger partial charge in [-0.15, -0.1) is 0 Å². The number of hydrogen-bond donors (Lipinski definition) is 2. The maximum atomic E-state index is 15.0. The molecule has 0 bridgehead atoms. The molecular formula is C23H26FN5O3. The monoisotopic (exact) mass is 439 g/mol. The zero-order chi connectivity index (χ0) is 22.5. The first kappa shape index (κ1) is 21.8. The van der Waals surface area contributed by atoms with Crippen LogP contribution in [0.2, 0.25) is 0 Å². The Kier molecular flexibility index (Phi) is 6.65. The van der Waals surface area contributed by atoms with Gasteiger partial charge in [-0.3, -0.25) is 10.2 Å². The van der Waals surface area contributed by atoms with Crippen LogP contribution in [0.5, 0.6) is 0 Å². The molecular weight excluding hydrogens is 413 g/mol. The summed E-state index contributed by atoms with van der Waals surface area (Å²) in [5, 5.41) is 7.12. The predicted molar refractivity (Wildman–Crippen MR) is 118 cm³/mol. The van der Waals surface area contributed by atoms with Gasteiger partial charge in [0, 0.05) is 37.2 Å². The highest BCUT2D eigenvalue weighted by Crippen LogP contribution is 2.27. The van der Waals surface area contributed by atoms with Gasteiger partial charge in [0.05, 0.1) is 18.4 Å². The molecule has 1 aliphatic rings. The number of halogens is 1. The molecule has 1 aliphatic heterocycles. The van der Waals surface area contributed by atoms with Crippen molar-refractivity contribution < 1.29 is 18.7 Å². The van der Waals surface area contributed by atoms with Crippen LogP contribution in [-0.4, -0.2) is 40.4 Å². The number of nitrogens with one attached hydrogen (secondary N) is 1. The molecule has 0 radical (unpaired) electrons. The largest absolute Gasteiger partial charge is 0.460 e. The number of rotatable bonds is 8. The third-order valence-corrected chi connectivity index (χ3v) is 5.50. The van der Waals surface area contributed by atoms with Crippen molar-refractivity contribution in [3.8, 4) is 0 Å². The smallest absolute Gasteiger partial charge is 0.313 e. The highest BCUT2D eigenvalue weighted by atomic mass is 19.1. The Morgan fingerprint density at radius 2 is 2.03 bits per heavy atom. The maximum absolute atomic E-state index is 15.0. The topological polar surface area (TPSA) is 106 Å². The van der Waals surface area contributed by atoms with Gasteiger partial charge in [0.15, 0.2) is 5.82 Å². The summed E-state index contributed by atoms with van der Waals surface area (Å²) in [6.45, 7) is 1.69. The van der Waals surface area contributed by atoms with E-state index in [1.807, 2.05) is 33.8 Å². The Morgan fingerprint density at radius 1 is 1.22 bits per heavy atom. The minimum absolute atomic E-state index is 0.114. The maximum Gasteiger partial charge on any atom is 0.313 e. The van der Waals surface area contributed by atoms with E-state index in [-0.39, 0.29) is 25.0 Å². The van der Waals surface area contributed by atoms with Crippen LogP contribution < -0.4 is 10.6 Å². The van der Waals surface area contributed by atoms with Crippen LogP contribution in [0, 0.1) is 11.2 Å². The second kappa shape index (κ2) is 9.78. The van der Waals surface area contributed by atoms with Gasteiger partial charge >= 0.3 is 5.97 Å². The zero-order valence-corrected chi connectivity index (χ0v) is 17.7. The summed E-state index contributed by atoms with van der Waals surface area (Å²) in [6.07, 6.45) is 7.09. The molecule has 0 aliphatic carbocycles. The summed E-state index contributed by atoms with van der Waals surface area (Å²) in [5.74, 6) is -1.32. The van der Waals surface area contributed by atoms with Gasteiger partial charge < -0.3 is 24.5 Å². The molecule has 168 valence electrons. The lowest BCUT2D eigenvalue weighted by Gasteiger charge is -2.34. The van der Waals surface area contributed by atoms with E-state index in [9.17, 15) is 9.18 Å². The van der Waals surface area contributed by atoms with Crippen LogP contribution in [0.1, 0.15) is 30.4 Å². The number of pyridine rings is 1. The normalized spacial score (nSPS) is 14.6. The van der Waals surface area contributed by atoms with E-state index in [2.05, 4.69) is 4.98 Å². The Labute approximate surface area is 185 Å². The molecule has 0 atom stereocenters. The van der Waals surface area contributed by atoms with Crippen LogP contribution in [0.4, 0.5) is 10.1 Å². The number of nitrogens with two attached hydrogens (primary N) is 1. The number of esters is 1. The molecule has 3 N–H and O–H groups in total. The first-order chi connectivity index (χ1) is 15.5.